The zero-order valence-corrected chi connectivity index (χ0v) is 13.4. The van der Waals surface area contributed by atoms with Gasteiger partial charge in [0.25, 0.3) is 5.91 Å². The van der Waals surface area contributed by atoms with Crippen LogP contribution in [0.3, 0.4) is 0 Å². The summed E-state index contributed by atoms with van der Waals surface area (Å²) in [6.45, 7) is 0.811. The Balaban J connectivity index is 2.18. The van der Waals surface area contributed by atoms with Crippen molar-refractivity contribution in [2.24, 2.45) is 0 Å². The van der Waals surface area contributed by atoms with Crippen LogP contribution in [0.2, 0.25) is 0 Å². The van der Waals surface area contributed by atoms with Crippen molar-refractivity contribution >= 4 is 17.5 Å². The number of carbonyl (C=O) groups excluding carboxylic acids is 1. The fraction of sp³-hybridized carbons (Fsp3) is 0.562. The number of likely N-dealkylation sites (tertiary alicyclic amines) is 1. The van der Waals surface area contributed by atoms with Crippen LogP contribution in [0.5, 0.6) is 11.5 Å². The highest BCUT2D eigenvalue weighted by Crippen LogP contribution is 2.27. The van der Waals surface area contributed by atoms with Crippen LogP contribution in [0.15, 0.2) is 18.2 Å². The van der Waals surface area contributed by atoms with Crippen molar-refractivity contribution < 1.29 is 14.3 Å². The Morgan fingerprint density at radius 1 is 1.29 bits per heavy atom. The van der Waals surface area contributed by atoms with E-state index in [1.165, 1.54) is 0 Å². The van der Waals surface area contributed by atoms with Gasteiger partial charge in [-0.05, 0) is 37.8 Å². The van der Waals surface area contributed by atoms with Crippen molar-refractivity contribution in [3.63, 3.8) is 0 Å². The minimum absolute atomic E-state index is 0.0456. The molecule has 0 N–H and O–H groups in total. The van der Waals surface area contributed by atoms with Gasteiger partial charge in [0, 0.05) is 30.1 Å². The fourth-order valence-corrected chi connectivity index (χ4v) is 2.97. The lowest BCUT2D eigenvalue weighted by atomic mass is 10.1. The van der Waals surface area contributed by atoms with E-state index in [2.05, 4.69) is 0 Å². The summed E-state index contributed by atoms with van der Waals surface area (Å²) in [5, 5.41) is 0. The number of rotatable bonds is 6. The molecule has 0 saturated carbocycles. The van der Waals surface area contributed by atoms with E-state index in [4.69, 9.17) is 21.1 Å². The van der Waals surface area contributed by atoms with Crippen molar-refractivity contribution in [2.75, 3.05) is 26.6 Å². The van der Waals surface area contributed by atoms with Crippen LogP contribution in [0.4, 0.5) is 0 Å². The third kappa shape index (κ3) is 3.82. The number of halogens is 1. The summed E-state index contributed by atoms with van der Waals surface area (Å²) in [7, 11) is 3.17. The molecule has 1 aromatic carbocycles. The van der Waals surface area contributed by atoms with E-state index in [-0.39, 0.29) is 5.91 Å². The van der Waals surface area contributed by atoms with Crippen LogP contribution < -0.4 is 9.47 Å². The minimum atomic E-state index is 0.0456. The molecule has 1 aliphatic rings. The Hall–Kier alpha value is -1.42. The molecule has 1 aliphatic heterocycles. The van der Waals surface area contributed by atoms with Gasteiger partial charge < -0.3 is 14.4 Å². The van der Waals surface area contributed by atoms with Crippen molar-refractivity contribution in [3.8, 4) is 11.5 Å². The van der Waals surface area contributed by atoms with Gasteiger partial charge in [0.05, 0.1) is 14.2 Å². The van der Waals surface area contributed by atoms with E-state index >= 15 is 0 Å². The van der Waals surface area contributed by atoms with E-state index in [0.29, 0.717) is 29.0 Å². The molecular formula is C16H22ClNO3. The number of amides is 1. The van der Waals surface area contributed by atoms with Crippen LogP contribution in [-0.2, 0) is 0 Å². The zero-order valence-electron chi connectivity index (χ0n) is 12.6. The number of alkyl halides is 1. The maximum Gasteiger partial charge on any atom is 0.254 e. The highest BCUT2D eigenvalue weighted by Gasteiger charge is 2.29. The van der Waals surface area contributed by atoms with Crippen LogP contribution in [-0.4, -0.2) is 43.5 Å². The van der Waals surface area contributed by atoms with E-state index in [0.717, 1.165) is 32.2 Å². The normalized spacial score (nSPS) is 17.9. The van der Waals surface area contributed by atoms with Gasteiger partial charge in [0.2, 0.25) is 0 Å². The molecule has 1 amide bonds. The van der Waals surface area contributed by atoms with Crippen molar-refractivity contribution in [2.45, 2.75) is 31.7 Å². The quantitative estimate of drug-likeness (QED) is 0.756. The average molecular weight is 312 g/mol. The molecule has 1 aromatic rings. The molecule has 1 unspecified atom stereocenters. The topological polar surface area (TPSA) is 38.8 Å². The molecule has 1 saturated heterocycles. The number of ether oxygens (including phenoxy) is 2. The first-order valence-electron chi connectivity index (χ1n) is 7.29. The van der Waals surface area contributed by atoms with Crippen LogP contribution >= 0.6 is 11.6 Å². The first kappa shape index (κ1) is 16.0. The number of nitrogens with zero attached hydrogens (tertiary/aromatic N) is 1. The third-order valence-corrected chi connectivity index (χ3v) is 4.17. The SMILES string of the molecule is COc1cc(OC)cc(C(=O)N2CCCC2CCCCl)c1. The number of carbonyl (C=O) groups is 1. The maximum absolute atomic E-state index is 12.7. The van der Waals surface area contributed by atoms with Gasteiger partial charge in [-0.2, -0.15) is 0 Å². The molecule has 5 heteroatoms. The first-order valence-corrected chi connectivity index (χ1v) is 7.83. The molecule has 0 radical (unpaired) electrons. The second-order valence-corrected chi connectivity index (χ2v) is 5.61. The number of hydrogen-bond acceptors (Lipinski definition) is 3. The van der Waals surface area contributed by atoms with Gasteiger partial charge in [0.15, 0.2) is 0 Å². The molecule has 0 spiro atoms. The molecule has 1 atom stereocenters. The van der Waals surface area contributed by atoms with Crippen molar-refractivity contribution in [1.82, 2.24) is 4.90 Å². The number of hydrogen-bond donors (Lipinski definition) is 0. The molecule has 2 rings (SSSR count). The predicted molar refractivity (Wildman–Crippen MR) is 83.6 cm³/mol. The van der Waals surface area contributed by atoms with E-state index < -0.39 is 0 Å². The smallest absolute Gasteiger partial charge is 0.254 e. The highest BCUT2D eigenvalue weighted by atomic mass is 35.5. The standard InChI is InChI=1S/C16H22ClNO3/c1-20-14-9-12(10-15(11-14)21-2)16(19)18-8-4-6-13(18)5-3-7-17/h9-11,13H,3-8H2,1-2H3. The minimum Gasteiger partial charge on any atom is -0.497 e. The number of methoxy groups -OCH3 is 2. The van der Waals surface area contributed by atoms with E-state index in [1.807, 2.05) is 4.90 Å². The lowest BCUT2D eigenvalue weighted by molar-refractivity contribution is 0.0729. The van der Waals surface area contributed by atoms with Gasteiger partial charge in [-0.3, -0.25) is 4.79 Å². The Kier molecular flexibility index (Phi) is 5.74. The lowest BCUT2D eigenvalue weighted by Gasteiger charge is -2.25. The summed E-state index contributed by atoms with van der Waals surface area (Å²) >= 11 is 5.77. The summed E-state index contributed by atoms with van der Waals surface area (Å²) in [5.41, 5.74) is 0.615. The summed E-state index contributed by atoms with van der Waals surface area (Å²) in [4.78, 5) is 14.7. The molecule has 116 valence electrons. The summed E-state index contributed by atoms with van der Waals surface area (Å²) in [5.74, 6) is 1.96. The van der Waals surface area contributed by atoms with Gasteiger partial charge >= 0.3 is 0 Å². The second kappa shape index (κ2) is 7.55. The van der Waals surface area contributed by atoms with Gasteiger partial charge in [-0.15, -0.1) is 11.6 Å². The summed E-state index contributed by atoms with van der Waals surface area (Å²) in [6.07, 6.45) is 4.03. The monoisotopic (exact) mass is 311 g/mol. The third-order valence-electron chi connectivity index (χ3n) is 3.91. The average Bonchev–Trinajstić information content (AvgIpc) is 2.99. The molecular weight excluding hydrogens is 290 g/mol. The number of benzene rings is 1. The Morgan fingerprint density at radius 2 is 1.95 bits per heavy atom. The van der Waals surface area contributed by atoms with Gasteiger partial charge in [-0.25, -0.2) is 0 Å². The Morgan fingerprint density at radius 3 is 2.52 bits per heavy atom. The van der Waals surface area contributed by atoms with Crippen molar-refractivity contribution in [1.29, 1.82) is 0 Å². The van der Waals surface area contributed by atoms with Crippen molar-refractivity contribution in [3.05, 3.63) is 23.8 Å². The molecule has 4 nitrogen and oxygen atoms in total. The second-order valence-electron chi connectivity index (χ2n) is 5.23. The van der Waals surface area contributed by atoms with E-state index in [1.54, 1.807) is 32.4 Å². The van der Waals surface area contributed by atoms with E-state index in [9.17, 15) is 4.79 Å². The van der Waals surface area contributed by atoms with Crippen LogP contribution in [0.25, 0.3) is 0 Å². The lowest BCUT2D eigenvalue weighted by Crippen LogP contribution is -2.35. The fourth-order valence-electron chi connectivity index (χ4n) is 2.81. The largest absolute Gasteiger partial charge is 0.497 e. The van der Waals surface area contributed by atoms with Gasteiger partial charge in [-0.1, -0.05) is 0 Å². The highest BCUT2D eigenvalue weighted by molar-refractivity contribution is 6.17. The summed E-state index contributed by atoms with van der Waals surface area (Å²) in [6, 6.07) is 5.60. The molecule has 0 bridgehead atoms. The maximum atomic E-state index is 12.7. The Bertz CT molecular complexity index is 470. The molecule has 1 heterocycles. The molecule has 1 fully saturated rings. The zero-order chi connectivity index (χ0) is 15.2. The molecule has 21 heavy (non-hydrogen) atoms. The molecule has 0 aliphatic carbocycles. The molecule has 0 aromatic heterocycles. The van der Waals surface area contributed by atoms with Crippen LogP contribution in [0.1, 0.15) is 36.0 Å². The summed E-state index contributed by atoms with van der Waals surface area (Å²) < 4.78 is 10.5. The van der Waals surface area contributed by atoms with Gasteiger partial charge in [0.1, 0.15) is 11.5 Å². The Labute approximate surface area is 131 Å². The predicted octanol–water partition coefficient (Wildman–Crippen LogP) is 3.33. The van der Waals surface area contributed by atoms with Crippen LogP contribution in [0, 0.1) is 0 Å². The first-order chi connectivity index (χ1) is 10.2.